The molecule has 1 heterocycles. The number of carbonyl (C=O) groups is 1. The smallest absolute Gasteiger partial charge is 0.255 e. The van der Waals surface area contributed by atoms with Crippen LogP contribution in [0.5, 0.6) is 5.75 Å². The van der Waals surface area contributed by atoms with Crippen molar-refractivity contribution in [2.24, 2.45) is 0 Å². The summed E-state index contributed by atoms with van der Waals surface area (Å²) in [5.41, 5.74) is 1.73. The van der Waals surface area contributed by atoms with Crippen molar-refractivity contribution in [2.75, 3.05) is 25.0 Å². The van der Waals surface area contributed by atoms with E-state index in [9.17, 15) is 13.2 Å². The van der Waals surface area contributed by atoms with Crippen LogP contribution in [0, 0.1) is 6.92 Å². The van der Waals surface area contributed by atoms with Gasteiger partial charge in [-0.25, -0.2) is 8.42 Å². The minimum Gasteiger partial charge on any atom is -0.494 e. The molecule has 1 N–H and O–H groups in total. The lowest BCUT2D eigenvalue weighted by molar-refractivity contribution is 0.102. The van der Waals surface area contributed by atoms with Gasteiger partial charge in [0.1, 0.15) is 10.6 Å². The molecule has 0 unspecified atom stereocenters. The lowest BCUT2D eigenvalue weighted by atomic mass is 10.1. The Labute approximate surface area is 183 Å². The molecule has 3 rings (SSSR count). The fraction of sp³-hybridized carbons (Fsp3) is 0.409. The summed E-state index contributed by atoms with van der Waals surface area (Å²) in [7, 11) is -3.74. The first kappa shape index (κ1) is 22.6. The van der Waals surface area contributed by atoms with Crippen molar-refractivity contribution >= 4 is 33.2 Å². The van der Waals surface area contributed by atoms with Gasteiger partial charge in [0.05, 0.1) is 11.6 Å². The summed E-state index contributed by atoms with van der Waals surface area (Å²) < 4.78 is 33.1. The van der Waals surface area contributed by atoms with E-state index in [0.29, 0.717) is 25.4 Å². The molecule has 1 fully saturated rings. The molecule has 1 saturated heterocycles. The third-order valence-corrected chi connectivity index (χ3v) is 7.43. The van der Waals surface area contributed by atoms with Crippen LogP contribution < -0.4 is 10.1 Å². The number of amides is 1. The first-order valence-electron chi connectivity index (χ1n) is 10.2. The highest BCUT2D eigenvalue weighted by Gasteiger charge is 2.28. The number of sulfonamides is 1. The van der Waals surface area contributed by atoms with E-state index in [1.54, 1.807) is 12.1 Å². The molecule has 1 aliphatic rings. The van der Waals surface area contributed by atoms with Crippen LogP contribution >= 0.6 is 11.6 Å². The van der Waals surface area contributed by atoms with Crippen LogP contribution in [0.2, 0.25) is 5.02 Å². The zero-order chi connectivity index (χ0) is 21.7. The minimum atomic E-state index is -3.74. The number of carbonyl (C=O) groups excluding carboxylic acids is 1. The summed E-state index contributed by atoms with van der Waals surface area (Å²) in [4.78, 5) is 12.8. The van der Waals surface area contributed by atoms with Crippen molar-refractivity contribution in [1.29, 1.82) is 0 Å². The third-order valence-electron chi connectivity index (χ3n) is 5.05. The number of hydrogen-bond donors (Lipinski definition) is 1. The summed E-state index contributed by atoms with van der Waals surface area (Å²) in [6.45, 7) is 5.49. The van der Waals surface area contributed by atoms with Gasteiger partial charge in [0, 0.05) is 24.3 Å². The van der Waals surface area contributed by atoms with Crippen LogP contribution in [0.3, 0.4) is 0 Å². The molecule has 162 valence electrons. The Hall–Kier alpha value is -2.09. The van der Waals surface area contributed by atoms with Gasteiger partial charge in [0.2, 0.25) is 10.0 Å². The maximum absolute atomic E-state index is 13.0. The second kappa shape index (κ2) is 9.81. The first-order chi connectivity index (χ1) is 14.3. The number of hydrogen-bond acceptors (Lipinski definition) is 4. The van der Waals surface area contributed by atoms with Crippen LogP contribution in [0.15, 0.2) is 41.3 Å². The number of nitrogens with zero attached hydrogens (tertiary/aromatic N) is 1. The first-order valence-corrected chi connectivity index (χ1v) is 12.0. The Balaban J connectivity index is 1.81. The molecule has 0 bridgehead atoms. The summed E-state index contributed by atoms with van der Waals surface area (Å²) in [6.07, 6.45) is 3.59. The van der Waals surface area contributed by atoms with Crippen molar-refractivity contribution in [1.82, 2.24) is 4.31 Å². The number of halogens is 1. The Morgan fingerprint density at radius 1 is 1.13 bits per heavy atom. The Kier molecular flexibility index (Phi) is 7.39. The van der Waals surface area contributed by atoms with Crippen LogP contribution in [0.25, 0.3) is 0 Å². The molecular weight excluding hydrogens is 424 g/mol. The van der Waals surface area contributed by atoms with E-state index >= 15 is 0 Å². The molecule has 30 heavy (non-hydrogen) atoms. The van der Waals surface area contributed by atoms with Crippen LogP contribution in [-0.4, -0.2) is 38.3 Å². The fourth-order valence-electron chi connectivity index (χ4n) is 3.37. The van der Waals surface area contributed by atoms with Gasteiger partial charge in [-0.05, 0) is 68.1 Å². The van der Waals surface area contributed by atoms with E-state index in [2.05, 4.69) is 5.32 Å². The van der Waals surface area contributed by atoms with Crippen LogP contribution in [-0.2, 0) is 10.0 Å². The van der Waals surface area contributed by atoms with Gasteiger partial charge in [-0.3, -0.25) is 4.79 Å². The molecule has 2 aromatic carbocycles. The Morgan fingerprint density at radius 2 is 1.87 bits per heavy atom. The molecule has 0 aromatic heterocycles. The normalized spacial score (nSPS) is 15.0. The summed E-state index contributed by atoms with van der Waals surface area (Å²) in [5, 5.41) is 2.96. The highest BCUT2D eigenvalue weighted by atomic mass is 35.5. The quantitative estimate of drug-likeness (QED) is 0.653. The molecule has 6 nitrogen and oxygen atoms in total. The van der Waals surface area contributed by atoms with Gasteiger partial charge in [-0.1, -0.05) is 24.9 Å². The van der Waals surface area contributed by atoms with E-state index in [-0.39, 0.29) is 15.5 Å². The average Bonchev–Trinajstić information content (AvgIpc) is 2.74. The van der Waals surface area contributed by atoms with Crippen molar-refractivity contribution < 1.29 is 17.9 Å². The SMILES string of the molecule is CCCOc1ccc(NC(=O)c2ccc(Cl)c(S(=O)(=O)N3CCCCC3)c2)c(C)c1. The average molecular weight is 451 g/mol. The molecule has 1 aliphatic heterocycles. The molecule has 0 spiro atoms. The van der Waals surface area contributed by atoms with Gasteiger partial charge >= 0.3 is 0 Å². The van der Waals surface area contributed by atoms with E-state index in [1.807, 2.05) is 19.9 Å². The highest BCUT2D eigenvalue weighted by molar-refractivity contribution is 7.89. The Bertz CT molecular complexity index is 1020. The zero-order valence-electron chi connectivity index (χ0n) is 17.3. The molecule has 8 heteroatoms. The number of rotatable bonds is 7. The maximum atomic E-state index is 13.0. The van der Waals surface area contributed by atoms with Gasteiger partial charge in [0.25, 0.3) is 5.91 Å². The van der Waals surface area contributed by atoms with Gasteiger partial charge < -0.3 is 10.1 Å². The van der Waals surface area contributed by atoms with Crippen LogP contribution in [0.4, 0.5) is 5.69 Å². The number of nitrogens with one attached hydrogen (secondary N) is 1. The topological polar surface area (TPSA) is 75.7 Å². The van der Waals surface area contributed by atoms with Gasteiger partial charge in [-0.15, -0.1) is 0 Å². The predicted octanol–water partition coefficient (Wildman–Crippen LogP) is 4.86. The largest absolute Gasteiger partial charge is 0.494 e. The molecule has 0 saturated carbocycles. The summed E-state index contributed by atoms with van der Waals surface area (Å²) in [5.74, 6) is 0.348. The van der Waals surface area contributed by atoms with Crippen molar-refractivity contribution in [2.45, 2.75) is 44.4 Å². The van der Waals surface area contributed by atoms with E-state index < -0.39 is 15.9 Å². The highest BCUT2D eigenvalue weighted by Crippen LogP contribution is 2.29. The van der Waals surface area contributed by atoms with Crippen molar-refractivity contribution in [3.63, 3.8) is 0 Å². The second-order valence-corrected chi connectivity index (χ2v) is 9.70. The predicted molar refractivity (Wildman–Crippen MR) is 119 cm³/mol. The number of piperidine rings is 1. The maximum Gasteiger partial charge on any atom is 0.255 e. The minimum absolute atomic E-state index is 0.0289. The molecule has 0 atom stereocenters. The van der Waals surface area contributed by atoms with E-state index in [4.69, 9.17) is 16.3 Å². The standard InChI is InChI=1S/C22H27ClN2O4S/c1-3-13-29-18-8-10-20(16(2)14-18)24-22(26)17-7-9-19(23)21(15-17)30(27,28)25-11-5-4-6-12-25/h7-10,14-15H,3-6,11-13H2,1-2H3,(H,24,26). The molecule has 1 amide bonds. The summed E-state index contributed by atoms with van der Waals surface area (Å²) in [6, 6.07) is 9.78. The van der Waals surface area contributed by atoms with Gasteiger partial charge in [0.15, 0.2) is 0 Å². The zero-order valence-corrected chi connectivity index (χ0v) is 18.9. The monoisotopic (exact) mass is 450 g/mol. The molecular formula is C22H27ClN2O4S. The van der Waals surface area contributed by atoms with Crippen LogP contribution in [0.1, 0.15) is 48.5 Å². The molecule has 0 aliphatic carbocycles. The van der Waals surface area contributed by atoms with E-state index in [1.165, 1.54) is 22.5 Å². The summed E-state index contributed by atoms with van der Waals surface area (Å²) >= 11 is 6.20. The lowest BCUT2D eigenvalue weighted by Gasteiger charge is -2.26. The third kappa shape index (κ3) is 5.14. The van der Waals surface area contributed by atoms with Crippen molar-refractivity contribution in [3.8, 4) is 5.75 Å². The number of aryl methyl sites for hydroxylation is 1. The molecule has 0 radical (unpaired) electrons. The lowest BCUT2D eigenvalue weighted by Crippen LogP contribution is -2.35. The van der Waals surface area contributed by atoms with Gasteiger partial charge in [-0.2, -0.15) is 4.31 Å². The van der Waals surface area contributed by atoms with Crippen molar-refractivity contribution in [3.05, 3.63) is 52.5 Å². The fourth-order valence-corrected chi connectivity index (χ4v) is 5.38. The number of anilines is 1. The number of ether oxygens (including phenoxy) is 1. The second-order valence-electron chi connectivity index (χ2n) is 7.39. The molecule has 2 aromatic rings. The Morgan fingerprint density at radius 3 is 2.53 bits per heavy atom. The number of benzene rings is 2. The van der Waals surface area contributed by atoms with E-state index in [0.717, 1.165) is 37.0 Å².